The van der Waals surface area contributed by atoms with Gasteiger partial charge in [-0.05, 0) is 31.2 Å². The molecule has 1 aliphatic heterocycles. The second-order valence-corrected chi connectivity index (χ2v) is 8.98. The molecule has 0 saturated carbocycles. The first kappa shape index (κ1) is 21.1. The van der Waals surface area contributed by atoms with Gasteiger partial charge in [-0.25, -0.2) is 13.2 Å². The quantitative estimate of drug-likeness (QED) is 0.654. The summed E-state index contributed by atoms with van der Waals surface area (Å²) in [6.45, 7) is 2.86. The lowest BCUT2D eigenvalue weighted by Gasteiger charge is -2.26. The first-order chi connectivity index (χ1) is 13.3. The highest BCUT2D eigenvalue weighted by atomic mass is 35.5. The highest BCUT2D eigenvalue weighted by Crippen LogP contribution is 2.29. The van der Waals surface area contributed by atoms with E-state index in [1.807, 2.05) is 0 Å². The van der Waals surface area contributed by atoms with E-state index in [1.54, 1.807) is 31.2 Å². The van der Waals surface area contributed by atoms with Crippen LogP contribution in [0.3, 0.4) is 0 Å². The molecule has 6 nitrogen and oxygen atoms in total. The summed E-state index contributed by atoms with van der Waals surface area (Å²) in [5.74, 6) is -0.726. The smallest absolute Gasteiger partial charge is 0.340 e. The van der Waals surface area contributed by atoms with Crippen molar-refractivity contribution in [2.24, 2.45) is 0 Å². The Labute approximate surface area is 174 Å². The summed E-state index contributed by atoms with van der Waals surface area (Å²) in [5.41, 5.74) is 0.626. The molecule has 2 aromatic rings. The van der Waals surface area contributed by atoms with Gasteiger partial charge in [0.15, 0.2) is 0 Å². The summed E-state index contributed by atoms with van der Waals surface area (Å²) in [5, 5.41) is 0.579. The molecule has 0 N–H and O–H groups in total. The third-order valence-electron chi connectivity index (χ3n) is 4.39. The Morgan fingerprint density at radius 3 is 2.46 bits per heavy atom. The van der Waals surface area contributed by atoms with Gasteiger partial charge in [-0.1, -0.05) is 41.4 Å². The van der Waals surface area contributed by atoms with Crippen molar-refractivity contribution < 1.29 is 22.7 Å². The summed E-state index contributed by atoms with van der Waals surface area (Å²) in [7, 11) is -3.76. The summed E-state index contributed by atoms with van der Waals surface area (Å²) < 4.78 is 37.6. The van der Waals surface area contributed by atoms with Gasteiger partial charge in [0.05, 0.1) is 28.7 Å². The highest BCUT2D eigenvalue weighted by molar-refractivity contribution is 7.89. The number of rotatable bonds is 5. The SMILES string of the molecule is CC(OC(=O)c1cc(S(=O)(=O)N2CCOCC2)ccc1Cl)c1ccccc1Cl. The van der Waals surface area contributed by atoms with Gasteiger partial charge >= 0.3 is 5.97 Å². The van der Waals surface area contributed by atoms with E-state index in [0.29, 0.717) is 23.8 Å². The minimum absolute atomic E-state index is 0.0175. The van der Waals surface area contributed by atoms with Crippen LogP contribution in [0.1, 0.15) is 28.9 Å². The Morgan fingerprint density at radius 1 is 1.11 bits per heavy atom. The molecule has 2 aromatic carbocycles. The van der Waals surface area contributed by atoms with Crippen LogP contribution in [0.4, 0.5) is 0 Å². The minimum Gasteiger partial charge on any atom is -0.454 e. The maximum absolute atomic E-state index is 12.8. The Balaban J connectivity index is 1.85. The van der Waals surface area contributed by atoms with Crippen LogP contribution < -0.4 is 0 Å². The van der Waals surface area contributed by atoms with Crippen LogP contribution in [0.15, 0.2) is 47.4 Å². The van der Waals surface area contributed by atoms with Gasteiger partial charge in [-0.2, -0.15) is 4.31 Å². The highest BCUT2D eigenvalue weighted by Gasteiger charge is 2.28. The molecular weight excluding hydrogens is 425 g/mol. The van der Waals surface area contributed by atoms with Crippen molar-refractivity contribution in [3.63, 3.8) is 0 Å². The maximum Gasteiger partial charge on any atom is 0.340 e. The number of sulfonamides is 1. The van der Waals surface area contributed by atoms with Crippen LogP contribution >= 0.6 is 23.2 Å². The van der Waals surface area contributed by atoms with Gasteiger partial charge in [0, 0.05) is 23.7 Å². The second-order valence-electron chi connectivity index (χ2n) is 6.23. The molecule has 3 rings (SSSR count). The van der Waals surface area contributed by atoms with Crippen molar-refractivity contribution in [2.75, 3.05) is 26.3 Å². The monoisotopic (exact) mass is 443 g/mol. The number of esters is 1. The molecule has 1 aliphatic rings. The lowest BCUT2D eigenvalue weighted by Crippen LogP contribution is -2.40. The standard InChI is InChI=1S/C19H19Cl2NO5S/c1-13(15-4-2-3-5-17(15)20)27-19(23)16-12-14(6-7-18(16)21)28(24,25)22-8-10-26-11-9-22/h2-7,12-13H,8-11H2,1H3. The van der Waals surface area contributed by atoms with Crippen LogP contribution in [0.2, 0.25) is 10.0 Å². The van der Waals surface area contributed by atoms with Crippen molar-refractivity contribution in [2.45, 2.75) is 17.9 Å². The summed E-state index contributed by atoms with van der Waals surface area (Å²) in [4.78, 5) is 12.6. The van der Waals surface area contributed by atoms with E-state index in [2.05, 4.69) is 0 Å². The van der Waals surface area contributed by atoms with E-state index in [4.69, 9.17) is 32.7 Å². The number of carbonyl (C=O) groups excluding carboxylic acids is 1. The Hall–Kier alpha value is -1.64. The third-order valence-corrected chi connectivity index (χ3v) is 6.96. The van der Waals surface area contributed by atoms with Crippen LogP contribution in [0, 0.1) is 0 Å². The topological polar surface area (TPSA) is 72.9 Å². The molecule has 150 valence electrons. The van der Waals surface area contributed by atoms with Crippen LogP contribution in [-0.4, -0.2) is 45.0 Å². The van der Waals surface area contributed by atoms with Gasteiger partial charge < -0.3 is 9.47 Å². The predicted molar refractivity (Wildman–Crippen MR) is 106 cm³/mol. The molecule has 1 heterocycles. The maximum atomic E-state index is 12.8. The normalized spacial score (nSPS) is 16.5. The van der Waals surface area contributed by atoms with Crippen LogP contribution in [0.25, 0.3) is 0 Å². The molecule has 28 heavy (non-hydrogen) atoms. The lowest BCUT2D eigenvalue weighted by molar-refractivity contribution is 0.0338. The van der Waals surface area contributed by atoms with E-state index < -0.39 is 22.1 Å². The molecule has 0 radical (unpaired) electrons. The van der Waals surface area contributed by atoms with Crippen molar-refractivity contribution in [3.8, 4) is 0 Å². The van der Waals surface area contributed by atoms with E-state index in [-0.39, 0.29) is 28.6 Å². The molecule has 1 atom stereocenters. The molecule has 1 unspecified atom stereocenters. The van der Waals surface area contributed by atoms with Crippen molar-refractivity contribution >= 4 is 39.2 Å². The average molecular weight is 444 g/mol. The molecule has 0 aromatic heterocycles. The number of hydrogen-bond acceptors (Lipinski definition) is 5. The fourth-order valence-corrected chi connectivity index (χ4v) is 4.77. The lowest BCUT2D eigenvalue weighted by atomic mass is 10.1. The number of carbonyl (C=O) groups is 1. The van der Waals surface area contributed by atoms with Gasteiger partial charge in [-0.3, -0.25) is 0 Å². The molecule has 0 aliphatic carbocycles. The van der Waals surface area contributed by atoms with Gasteiger partial charge in [0.2, 0.25) is 10.0 Å². The van der Waals surface area contributed by atoms with Gasteiger partial charge in [-0.15, -0.1) is 0 Å². The molecule has 1 saturated heterocycles. The van der Waals surface area contributed by atoms with Crippen molar-refractivity contribution in [3.05, 3.63) is 63.6 Å². The van der Waals surface area contributed by atoms with Crippen LogP contribution in [-0.2, 0) is 19.5 Å². The number of ether oxygens (including phenoxy) is 2. The second kappa shape index (κ2) is 8.80. The van der Waals surface area contributed by atoms with E-state index in [0.717, 1.165) is 0 Å². The molecule has 0 bridgehead atoms. The van der Waals surface area contributed by atoms with Crippen molar-refractivity contribution in [1.29, 1.82) is 0 Å². The number of hydrogen-bond donors (Lipinski definition) is 0. The Morgan fingerprint density at radius 2 is 1.79 bits per heavy atom. The third kappa shape index (κ3) is 4.50. The summed E-state index contributed by atoms with van der Waals surface area (Å²) in [6.07, 6.45) is -0.628. The Bertz CT molecular complexity index is 974. The summed E-state index contributed by atoms with van der Waals surface area (Å²) >= 11 is 12.3. The van der Waals surface area contributed by atoms with Gasteiger partial charge in [0.25, 0.3) is 0 Å². The van der Waals surface area contributed by atoms with E-state index >= 15 is 0 Å². The molecule has 9 heteroatoms. The van der Waals surface area contributed by atoms with E-state index in [9.17, 15) is 13.2 Å². The fraction of sp³-hybridized carbons (Fsp3) is 0.316. The number of benzene rings is 2. The zero-order chi connectivity index (χ0) is 20.3. The average Bonchev–Trinajstić information content (AvgIpc) is 2.69. The first-order valence-corrected chi connectivity index (χ1v) is 10.8. The molecule has 0 amide bonds. The van der Waals surface area contributed by atoms with Crippen molar-refractivity contribution in [1.82, 2.24) is 4.31 Å². The molecule has 1 fully saturated rings. The molecular formula is C19H19Cl2NO5S. The van der Waals surface area contributed by atoms with E-state index in [1.165, 1.54) is 22.5 Å². The summed E-state index contributed by atoms with van der Waals surface area (Å²) in [6, 6.07) is 11.0. The zero-order valence-electron chi connectivity index (χ0n) is 15.1. The molecule has 0 spiro atoms. The predicted octanol–water partition coefficient (Wildman–Crippen LogP) is 3.93. The van der Waals surface area contributed by atoms with Gasteiger partial charge in [0.1, 0.15) is 6.10 Å². The Kier molecular flexibility index (Phi) is 6.62. The zero-order valence-corrected chi connectivity index (χ0v) is 17.4. The number of nitrogens with zero attached hydrogens (tertiary/aromatic N) is 1. The fourth-order valence-electron chi connectivity index (χ4n) is 2.85. The number of morpholine rings is 1. The van der Waals surface area contributed by atoms with Crippen LogP contribution in [0.5, 0.6) is 0 Å². The minimum atomic E-state index is -3.76. The first-order valence-electron chi connectivity index (χ1n) is 8.63. The largest absolute Gasteiger partial charge is 0.454 e. The number of halogens is 2.